The first-order valence-corrected chi connectivity index (χ1v) is 10.2. The molecule has 0 aromatic carbocycles. The van der Waals surface area contributed by atoms with E-state index in [0.717, 1.165) is 57.9 Å². The van der Waals surface area contributed by atoms with E-state index >= 15 is 0 Å². The molecule has 1 unspecified atom stereocenters. The maximum absolute atomic E-state index is 12.3. The van der Waals surface area contributed by atoms with Gasteiger partial charge < -0.3 is 25.0 Å². The van der Waals surface area contributed by atoms with E-state index in [9.17, 15) is 4.79 Å². The normalized spacial score (nSPS) is 22.9. The van der Waals surface area contributed by atoms with Gasteiger partial charge in [-0.15, -0.1) is 24.0 Å². The quantitative estimate of drug-likeness (QED) is 0.337. The number of likely N-dealkylation sites (tertiary alicyclic amines) is 1. The third-order valence-electron chi connectivity index (χ3n) is 5.84. The highest BCUT2D eigenvalue weighted by molar-refractivity contribution is 14.0. The second-order valence-electron chi connectivity index (χ2n) is 8.99. The third-order valence-corrected chi connectivity index (χ3v) is 5.84. The molecule has 0 aliphatic carbocycles. The van der Waals surface area contributed by atoms with Crippen molar-refractivity contribution in [2.45, 2.75) is 71.4 Å². The molecule has 1 atom stereocenters. The fraction of sp³-hybridized carbons (Fsp3) is 0.900. The number of hydrogen-bond donors (Lipinski definition) is 2. The van der Waals surface area contributed by atoms with Gasteiger partial charge in [-0.2, -0.15) is 0 Å². The van der Waals surface area contributed by atoms with Crippen molar-refractivity contribution in [2.75, 3.05) is 39.9 Å². The standard InChI is InChI=1S/C20H38N4O3.HI/c1-7-20(8-2,23-17(25)27-18(3,4)5)13-22-16(21-6)24-11-9-19(14-24)10-12-26-15-19;/h7-15H2,1-6H3,(H,21,22)(H,23,25);1H. The molecule has 0 radical (unpaired) electrons. The Morgan fingerprint density at radius 3 is 2.43 bits per heavy atom. The van der Waals surface area contributed by atoms with Crippen LogP contribution in [-0.4, -0.2) is 68.0 Å². The SMILES string of the molecule is CCC(CC)(CNC(=NC)N1CCC2(CCOC2)C1)NC(=O)OC(C)(C)C.I. The molecule has 2 rings (SSSR count). The average molecular weight is 510 g/mol. The molecule has 0 aromatic heterocycles. The van der Waals surface area contributed by atoms with Gasteiger partial charge in [-0.3, -0.25) is 4.99 Å². The number of alkyl carbamates (subject to hydrolysis) is 1. The van der Waals surface area contributed by atoms with Crippen molar-refractivity contribution >= 4 is 36.0 Å². The van der Waals surface area contributed by atoms with Crippen LogP contribution in [0.15, 0.2) is 4.99 Å². The fourth-order valence-corrected chi connectivity index (χ4v) is 3.91. The summed E-state index contributed by atoms with van der Waals surface area (Å²) in [5, 5.41) is 6.58. The largest absolute Gasteiger partial charge is 0.444 e. The van der Waals surface area contributed by atoms with Crippen LogP contribution in [0.25, 0.3) is 0 Å². The highest BCUT2D eigenvalue weighted by atomic mass is 127. The lowest BCUT2D eigenvalue weighted by atomic mass is 9.87. The zero-order valence-electron chi connectivity index (χ0n) is 18.4. The molecule has 0 aromatic rings. The van der Waals surface area contributed by atoms with Gasteiger partial charge in [-0.1, -0.05) is 13.8 Å². The lowest BCUT2D eigenvalue weighted by molar-refractivity contribution is 0.0448. The Kier molecular flexibility index (Phi) is 9.31. The average Bonchev–Trinajstić information content (AvgIpc) is 3.23. The first-order chi connectivity index (χ1) is 12.7. The zero-order chi connectivity index (χ0) is 20.1. The van der Waals surface area contributed by atoms with E-state index < -0.39 is 5.60 Å². The fourth-order valence-electron chi connectivity index (χ4n) is 3.91. The van der Waals surface area contributed by atoms with Crippen molar-refractivity contribution in [2.24, 2.45) is 10.4 Å². The van der Waals surface area contributed by atoms with E-state index in [1.165, 1.54) is 0 Å². The van der Waals surface area contributed by atoms with E-state index in [0.29, 0.717) is 12.0 Å². The van der Waals surface area contributed by atoms with Crippen LogP contribution in [0, 0.1) is 5.41 Å². The number of ether oxygens (including phenoxy) is 2. The molecule has 0 saturated carbocycles. The van der Waals surface area contributed by atoms with E-state index in [-0.39, 0.29) is 35.6 Å². The predicted octanol–water partition coefficient (Wildman–Crippen LogP) is 3.38. The maximum Gasteiger partial charge on any atom is 0.408 e. The number of guanidine groups is 1. The van der Waals surface area contributed by atoms with Crippen molar-refractivity contribution in [1.82, 2.24) is 15.5 Å². The minimum Gasteiger partial charge on any atom is -0.444 e. The molecule has 2 saturated heterocycles. The summed E-state index contributed by atoms with van der Waals surface area (Å²) in [4.78, 5) is 19.1. The van der Waals surface area contributed by atoms with Crippen molar-refractivity contribution in [3.05, 3.63) is 0 Å². The van der Waals surface area contributed by atoms with Gasteiger partial charge in [0.05, 0.1) is 12.1 Å². The van der Waals surface area contributed by atoms with Gasteiger partial charge in [0.2, 0.25) is 0 Å². The summed E-state index contributed by atoms with van der Waals surface area (Å²) >= 11 is 0. The number of hydrogen-bond acceptors (Lipinski definition) is 4. The summed E-state index contributed by atoms with van der Waals surface area (Å²) in [6.07, 6.45) is 3.53. The lowest BCUT2D eigenvalue weighted by Crippen LogP contribution is -2.57. The van der Waals surface area contributed by atoms with Crippen molar-refractivity contribution in [3.63, 3.8) is 0 Å². The number of aliphatic imine (C=N–C) groups is 1. The predicted molar refractivity (Wildman–Crippen MR) is 124 cm³/mol. The number of amides is 1. The van der Waals surface area contributed by atoms with Crippen LogP contribution in [0.4, 0.5) is 4.79 Å². The summed E-state index contributed by atoms with van der Waals surface area (Å²) in [7, 11) is 1.82. The monoisotopic (exact) mass is 510 g/mol. The number of halogens is 1. The van der Waals surface area contributed by atoms with E-state index in [2.05, 4.69) is 34.4 Å². The van der Waals surface area contributed by atoms with Gasteiger partial charge in [0.15, 0.2) is 5.96 Å². The number of carbonyl (C=O) groups excluding carboxylic acids is 1. The molecule has 0 bridgehead atoms. The summed E-state index contributed by atoms with van der Waals surface area (Å²) < 4.78 is 11.1. The highest BCUT2D eigenvalue weighted by Crippen LogP contribution is 2.38. The smallest absolute Gasteiger partial charge is 0.408 e. The van der Waals surface area contributed by atoms with Gasteiger partial charge in [0, 0.05) is 38.7 Å². The van der Waals surface area contributed by atoms with Gasteiger partial charge in [-0.05, 0) is 46.5 Å². The van der Waals surface area contributed by atoms with Crippen LogP contribution in [0.3, 0.4) is 0 Å². The van der Waals surface area contributed by atoms with Crippen LogP contribution in [-0.2, 0) is 9.47 Å². The van der Waals surface area contributed by atoms with Gasteiger partial charge in [0.1, 0.15) is 5.60 Å². The van der Waals surface area contributed by atoms with Crippen LogP contribution in [0.5, 0.6) is 0 Å². The number of carbonyl (C=O) groups is 1. The Balaban J connectivity index is 0.00000392. The topological polar surface area (TPSA) is 75.2 Å². The Bertz CT molecular complexity index is 538. The summed E-state index contributed by atoms with van der Waals surface area (Å²) in [6.45, 7) is 14.1. The Morgan fingerprint density at radius 1 is 1.25 bits per heavy atom. The number of nitrogens with zero attached hydrogens (tertiary/aromatic N) is 2. The van der Waals surface area contributed by atoms with Gasteiger partial charge in [0.25, 0.3) is 0 Å². The lowest BCUT2D eigenvalue weighted by Gasteiger charge is -2.35. The van der Waals surface area contributed by atoms with E-state index in [4.69, 9.17) is 9.47 Å². The number of nitrogens with one attached hydrogen (secondary N) is 2. The molecule has 2 N–H and O–H groups in total. The molecule has 2 aliphatic heterocycles. The number of rotatable bonds is 5. The van der Waals surface area contributed by atoms with Crippen LogP contribution in [0.2, 0.25) is 0 Å². The minimum atomic E-state index is -0.506. The molecule has 164 valence electrons. The van der Waals surface area contributed by atoms with Crippen LogP contribution < -0.4 is 10.6 Å². The molecule has 8 heteroatoms. The summed E-state index contributed by atoms with van der Waals surface area (Å²) in [6, 6.07) is 0. The summed E-state index contributed by atoms with van der Waals surface area (Å²) in [5.41, 5.74) is -0.584. The zero-order valence-corrected chi connectivity index (χ0v) is 20.7. The van der Waals surface area contributed by atoms with Crippen LogP contribution in [0.1, 0.15) is 60.3 Å². The Morgan fingerprint density at radius 2 is 1.93 bits per heavy atom. The van der Waals surface area contributed by atoms with E-state index in [1.54, 1.807) is 0 Å². The molecule has 2 fully saturated rings. The second-order valence-corrected chi connectivity index (χ2v) is 8.99. The maximum atomic E-state index is 12.3. The molecule has 2 heterocycles. The van der Waals surface area contributed by atoms with Crippen molar-refractivity contribution < 1.29 is 14.3 Å². The molecule has 28 heavy (non-hydrogen) atoms. The van der Waals surface area contributed by atoms with E-state index in [1.807, 2.05) is 27.8 Å². The molecule has 7 nitrogen and oxygen atoms in total. The van der Waals surface area contributed by atoms with Gasteiger partial charge in [-0.25, -0.2) is 4.79 Å². The molecular weight excluding hydrogens is 471 g/mol. The third kappa shape index (κ3) is 6.64. The van der Waals surface area contributed by atoms with Crippen molar-refractivity contribution in [1.29, 1.82) is 0 Å². The molecule has 2 aliphatic rings. The first kappa shape index (κ1) is 25.3. The Hall–Kier alpha value is -0.770. The molecular formula is C20H39IN4O3. The Labute approximate surface area is 187 Å². The van der Waals surface area contributed by atoms with Crippen molar-refractivity contribution in [3.8, 4) is 0 Å². The highest BCUT2D eigenvalue weighted by Gasteiger charge is 2.42. The molecule has 1 amide bonds. The summed E-state index contributed by atoms with van der Waals surface area (Å²) in [5.74, 6) is 0.899. The van der Waals surface area contributed by atoms with Gasteiger partial charge >= 0.3 is 6.09 Å². The molecule has 1 spiro atoms. The van der Waals surface area contributed by atoms with Crippen LogP contribution >= 0.6 is 24.0 Å². The minimum absolute atomic E-state index is 0. The second kappa shape index (κ2) is 10.3. The first-order valence-electron chi connectivity index (χ1n) is 10.2.